The molecule has 0 bridgehead atoms. The number of hydrogen-bond donors (Lipinski definition) is 2. The van der Waals surface area contributed by atoms with Gasteiger partial charge in [-0.25, -0.2) is 4.98 Å². The number of carbonyl (C=O) groups is 1. The fraction of sp³-hybridized carbons (Fsp3) is 0.364. The van der Waals surface area contributed by atoms with Crippen molar-refractivity contribution in [1.29, 1.82) is 0 Å². The summed E-state index contributed by atoms with van der Waals surface area (Å²) >= 11 is 0. The molecule has 1 atom stereocenters. The Kier molecular flexibility index (Phi) is 4.49. The van der Waals surface area contributed by atoms with Crippen LogP contribution in [0.15, 0.2) is 42.7 Å². The quantitative estimate of drug-likeness (QED) is 0.734. The second kappa shape index (κ2) is 6.94. The summed E-state index contributed by atoms with van der Waals surface area (Å²) in [5.74, 6) is 0.569. The van der Waals surface area contributed by atoms with E-state index in [0.717, 1.165) is 35.9 Å². The molecule has 3 aromatic rings. The smallest absolute Gasteiger partial charge is 0.224 e. The third kappa shape index (κ3) is 3.24. The van der Waals surface area contributed by atoms with E-state index in [1.54, 1.807) is 6.20 Å². The van der Waals surface area contributed by atoms with E-state index in [1.807, 2.05) is 18.3 Å². The maximum absolute atomic E-state index is 12.7. The molecule has 0 spiro atoms. The van der Waals surface area contributed by atoms with Gasteiger partial charge in [0.25, 0.3) is 0 Å². The molecule has 2 aromatic heterocycles. The highest BCUT2D eigenvalue weighted by molar-refractivity contribution is 5.87. The molecule has 0 saturated heterocycles. The first-order valence-electron chi connectivity index (χ1n) is 9.45. The minimum atomic E-state index is 0.0718. The van der Waals surface area contributed by atoms with E-state index in [-0.39, 0.29) is 11.9 Å². The number of pyridine rings is 1. The fourth-order valence-electron chi connectivity index (χ4n) is 3.90. The van der Waals surface area contributed by atoms with Crippen molar-refractivity contribution >= 4 is 16.9 Å². The van der Waals surface area contributed by atoms with E-state index in [0.29, 0.717) is 12.3 Å². The maximum atomic E-state index is 12.7. The van der Waals surface area contributed by atoms with Gasteiger partial charge in [-0.1, -0.05) is 32.0 Å². The summed E-state index contributed by atoms with van der Waals surface area (Å²) in [7, 11) is 0. The Bertz CT molecular complexity index is 941. The molecule has 0 fully saturated rings. The number of benzene rings is 1. The van der Waals surface area contributed by atoms with Gasteiger partial charge in [0.2, 0.25) is 5.91 Å². The van der Waals surface area contributed by atoms with Crippen molar-refractivity contribution in [3.05, 3.63) is 65.0 Å². The number of aromatic amines is 1. The van der Waals surface area contributed by atoms with Crippen LogP contribution in [-0.2, 0) is 17.6 Å². The first kappa shape index (κ1) is 16.8. The first-order chi connectivity index (χ1) is 12.6. The van der Waals surface area contributed by atoms with Gasteiger partial charge >= 0.3 is 0 Å². The van der Waals surface area contributed by atoms with Crippen LogP contribution in [0.4, 0.5) is 0 Å². The summed E-state index contributed by atoms with van der Waals surface area (Å²) in [5, 5.41) is 4.29. The second-order valence-electron chi connectivity index (χ2n) is 7.52. The topological polar surface area (TPSA) is 57.8 Å². The third-order valence-electron chi connectivity index (χ3n) is 5.37. The molecule has 1 aliphatic carbocycles. The lowest BCUT2D eigenvalue weighted by atomic mass is 9.85. The van der Waals surface area contributed by atoms with Gasteiger partial charge in [0.1, 0.15) is 5.65 Å². The highest BCUT2D eigenvalue weighted by Gasteiger charge is 2.23. The van der Waals surface area contributed by atoms with E-state index in [1.165, 1.54) is 16.7 Å². The largest absolute Gasteiger partial charge is 0.349 e. The zero-order valence-corrected chi connectivity index (χ0v) is 15.4. The van der Waals surface area contributed by atoms with E-state index < -0.39 is 0 Å². The molecule has 0 radical (unpaired) electrons. The lowest BCUT2D eigenvalue weighted by molar-refractivity contribution is -0.121. The minimum absolute atomic E-state index is 0.0718. The molecule has 26 heavy (non-hydrogen) atoms. The number of H-pyrrole nitrogens is 1. The molecule has 1 aliphatic rings. The van der Waals surface area contributed by atoms with E-state index in [2.05, 4.69) is 47.3 Å². The van der Waals surface area contributed by atoms with Crippen LogP contribution in [0, 0.1) is 0 Å². The average Bonchev–Trinajstić information content (AvgIpc) is 3.04. The summed E-state index contributed by atoms with van der Waals surface area (Å²) in [6, 6.07) is 10.8. The summed E-state index contributed by atoms with van der Waals surface area (Å²) in [6.45, 7) is 4.42. The van der Waals surface area contributed by atoms with Crippen LogP contribution in [0.2, 0.25) is 0 Å². The first-order valence-corrected chi connectivity index (χ1v) is 9.45. The summed E-state index contributed by atoms with van der Waals surface area (Å²) in [5.41, 5.74) is 5.85. The van der Waals surface area contributed by atoms with Gasteiger partial charge in [-0.05, 0) is 59.6 Å². The monoisotopic (exact) mass is 347 g/mol. The summed E-state index contributed by atoms with van der Waals surface area (Å²) in [6.07, 6.45) is 7.26. The van der Waals surface area contributed by atoms with Gasteiger partial charge in [0.05, 0.1) is 12.5 Å². The van der Waals surface area contributed by atoms with Crippen LogP contribution < -0.4 is 5.32 Å². The average molecular weight is 347 g/mol. The number of nitrogens with one attached hydrogen (secondary N) is 2. The van der Waals surface area contributed by atoms with Gasteiger partial charge in [-0.2, -0.15) is 0 Å². The molecule has 1 aromatic carbocycles. The van der Waals surface area contributed by atoms with Crippen LogP contribution in [-0.4, -0.2) is 15.9 Å². The lowest BCUT2D eigenvalue weighted by Crippen LogP contribution is -2.32. The normalized spacial score (nSPS) is 16.7. The number of nitrogens with zero attached hydrogens (tertiary/aromatic N) is 1. The van der Waals surface area contributed by atoms with Gasteiger partial charge in [0, 0.05) is 17.8 Å². The molecule has 4 rings (SSSR count). The number of carbonyl (C=O) groups excluding carboxylic acids is 1. The third-order valence-corrected chi connectivity index (χ3v) is 5.37. The van der Waals surface area contributed by atoms with Crippen LogP contribution in [0.5, 0.6) is 0 Å². The molecule has 0 aliphatic heterocycles. The van der Waals surface area contributed by atoms with Crippen LogP contribution in [0.25, 0.3) is 11.0 Å². The number of hydrogen-bond acceptors (Lipinski definition) is 2. The minimum Gasteiger partial charge on any atom is -0.349 e. The number of aromatic nitrogens is 2. The van der Waals surface area contributed by atoms with Crippen molar-refractivity contribution in [2.45, 2.75) is 51.5 Å². The SMILES string of the molecule is CC(C)c1ccc2c(c1)[C@H](NC(=O)Cc1c[nH]c3ncccc13)CCC2. The Hall–Kier alpha value is -2.62. The summed E-state index contributed by atoms with van der Waals surface area (Å²) < 4.78 is 0. The van der Waals surface area contributed by atoms with Crippen molar-refractivity contribution in [1.82, 2.24) is 15.3 Å². The Morgan fingerprint density at radius 1 is 1.35 bits per heavy atom. The molecule has 0 saturated carbocycles. The Morgan fingerprint density at radius 2 is 2.23 bits per heavy atom. The molecule has 0 unspecified atom stereocenters. The van der Waals surface area contributed by atoms with Crippen molar-refractivity contribution in [2.75, 3.05) is 0 Å². The van der Waals surface area contributed by atoms with E-state index in [4.69, 9.17) is 0 Å². The van der Waals surface area contributed by atoms with Crippen molar-refractivity contribution in [3.63, 3.8) is 0 Å². The number of rotatable bonds is 4. The molecule has 1 amide bonds. The molecule has 134 valence electrons. The van der Waals surface area contributed by atoms with E-state index in [9.17, 15) is 4.79 Å². The zero-order valence-electron chi connectivity index (χ0n) is 15.4. The highest BCUT2D eigenvalue weighted by atomic mass is 16.1. The van der Waals surface area contributed by atoms with Gasteiger partial charge < -0.3 is 10.3 Å². The lowest BCUT2D eigenvalue weighted by Gasteiger charge is -2.27. The fourth-order valence-corrected chi connectivity index (χ4v) is 3.90. The number of fused-ring (bicyclic) bond motifs is 2. The van der Waals surface area contributed by atoms with Crippen molar-refractivity contribution in [2.24, 2.45) is 0 Å². The Balaban J connectivity index is 1.53. The zero-order chi connectivity index (χ0) is 18.1. The van der Waals surface area contributed by atoms with Crippen LogP contribution in [0.1, 0.15) is 60.9 Å². The van der Waals surface area contributed by atoms with Gasteiger partial charge in [-0.15, -0.1) is 0 Å². The van der Waals surface area contributed by atoms with E-state index >= 15 is 0 Å². The van der Waals surface area contributed by atoms with Crippen molar-refractivity contribution < 1.29 is 4.79 Å². The molecule has 4 nitrogen and oxygen atoms in total. The Labute approximate surface area is 154 Å². The molecular formula is C22H25N3O. The van der Waals surface area contributed by atoms with Crippen molar-refractivity contribution in [3.8, 4) is 0 Å². The second-order valence-corrected chi connectivity index (χ2v) is 7.52. The Morgan fingerprint density at radius 3 is 3.08 bits per heavy atom. The molecular weight excluding hydrogens is 322 g/mol. The number of amides is 1. The van der Waals surface area contributed by atoms with Crippen LogP contribution >= 0.6 is 0 Å². The molecule has 2 N–H and O–H groups in total. The molecule has 4 heteroatoms. The standard InChI is InChI=1S/C22H25N3O/c1-14(2)16-9-8-15-5-3-7-20(19(15)11-16)25-21(26)12-17-13-24-22-18(17)6-4-10-23-22/h4,6,8-11,13-14,20H,3,5,7,12H2,1-2H3,(H,23,24)(H,25,26)/t20-/m1/s1. The molecule has 2 heterocycles. The highest BCUT2D eigenvalue weighted by Crippen LogP contribution is 2.32. The van der Waals surface area contributed by atoms with Crippen LogP contribution in [0.3, 0.4) is 0 Å². The number of aryl methyl sites for hydroxylation is 1. The predicted molar refractivity (Wildman–Crippen MR) is 104 cm³/mol. The summed E-state index contributed by atoms with van der Waals surface area (Å²) in [4.78, 5) is 20.1. The van der Waals surface area contributed by atoms with Gasteiger partial charge in [0.15, 0.2) is 0 Å². The predicted octanol–water partition coefficient (Wildman–Crippen LogP) is 4.42. The maximum Gasteiger partial charge on any atom is 0.224 e. The van der Waals surface area contributed by atoms with Gasteiger partial charge in [-0.3, -0.25) is 4.79 Å².